The van der Waals surface area contributed by atoms with Gasteiger partial charge in [0.05, 0.1) is 11.6 Å². The summed E-state index contributed by atoms with van der Waals surface area (Å²) < 4.78 is 0. The number of carbonyl (C=O) groups is 1. The number of aryl methyl sites for hydroxylation is 1. The van der Waals surface area contributed by atoms with Crippen LogP contribution in [0.5, 0.6) is 0 Å². The Bertz CT molecular complexity index is 624. The van der Waals surface area contributed by atoms with Crippen LogP contribution in [-0.4, -0.2) is 10.9 Å². The number of rotatable bonds is 2. The number of benzene rings is 1. The van der Waals surface area contributed by atoms with E-state index in [4.69, 9.17) is 5.73 Å². The van der Waals surface area contributed by atoms with Gasteiger partial charge < -0.3 is 11.1 Å². The third kappa shape index (κ3) is 2.17. The van der Waals surface area contributed by atoms with E-state index in [0.717, 1.165) is 12.8 Å². The number of amides is 1. The molecule has 0 radical (unpaired) electrons. The highest BCUT2D eigenvalue weighted by Crippen LogP contribution is 2.30. The van der Waals surface area contributed by atoms with Crippen molar-refractivity contribution in [3.05, 3.63) is 59.3 Å². The molecule has 1 atom stereocenters. The van der Waals surface area contributed by atoms with E-state index >= 15 is 0 Å². The van der Waals surface area contributed by atoms with Gasteiger partial charge in [0.15, 0.2) is 0 Å². The molecule has 1 heterocycles. The first kappa shape index (κ1) is 11.7. The second-order valence-corrected chi connectivity index (χ2v) is 4.70. The Morgan fingerprint density at radius 2 is 2.11 bits per heavy atom. The van der Waals surface area contributed by atoms with Crippen molar-refractivity contribution in [3.63, 3.8) is 0 Å². The lowest BCUT2D eigenvalue weighted by Gasteiger charge is -2.14. The summed E-state index contributed by atoms with van der Waals surface area (Å²) in [6.45, 7) is 0. The summed E-state index contributed by atoms with van der Waals surface area (Å²) in [6, 6.07) is 11.7. The summed E-state index contributed by atoms with van der Waals surface area (Å²) >= 11 is 0. The van der Waals surface area contributed by atoms with E-state index < -0.39 is 0 Å². The Morgan fingerprint density at radius 3 is 2.95 bits per heavy atom. The van der Waals surface area contributed by atoms with E-state index in [2.05, 4.69) is 22.4 Å². The Balaban J connectivity index is 1.81. The minimum absolute atomic E-state index is 0.0725. The highest BCUT2D eigenvalue weighted by atomic mass is 16.1. The molecule has 2 aromatic rings. The number of hydrogen-bond donors (Lipinski definition) is 2. The van der Waals surface area contributed by atoms with Crippen molar-refractivity contribution in [1.29, 1.82) is 0 Å². The SMILES string of the molecule is Nc1ncccc1C(=O)N[C@H]1CCc2ccccc21. The fraction of sp³-hybridized carbons (Fsp3) is 0.200. The average Bonchev–Trinajstić information content (AvgIpc) is 2.83. The molecule has 0 bridgehead atoms. The van der Waals surface area contributed by atoms with Gasteiger partial charge in [-0.1, -0.05) is 24.3 Å². The minimum atomic E-state index is -0.160. The number of fused-ring (bicyclic) bond motifs is 1. The van der Waals surface area contributed by atoms with E-state index in [1.165, 1.54) is 11.1 Å². The molecular formula is C15H15N3O. The largest absolute Gasteiger partial charge is 0.383 e. The van der Waals surface area contributed by atoms with E-state index in [1.54, 1.807) is 18.3 Å². The zero-order valence-corrected chi connectivity index (χ0v) is 10.5. The number of nitrogen functional groups attached to an aromatic ring is 1. The van der Waals surface area contributed by atoms with Crippen LogP contribution < -0.4 is 11.1 Å². The minimum Gasteiger partial charge on any atom is -0.383 e. The van der Waals surface area contributed by atoms with Gasteiger partial charge in [-0.25, -0.2) is 4.98 Å². The molecule has 0 fully saturated rings. The molecule has 4 nitrogen and oxygen atoms in total. The Hall–Kier alpha value is -2.36. The van der Waals surface area contributed by atoms with Crippen LogP contribution in [0, 0.1) is 0 Å². The number of carbonyl (C=O) groups excluding carboxylic acids is 1. The number of pyridine rings is 1. The summed E-state index contributed by atoms with van der Waals surface area (Å²) in [5, 5.41) is 3.03. The lowest BCUT2D eigenvalue weighted by molar-refractivity contribution is 0.0937. The molecular weight excluding hydrogens is 238 g/mol. The topological polar surface area (TPSA) is 68.0 Å². The Labute approximate surface area is 111 Å². The Kier molecular flexibility index (Phi) is 2.91. The monoisotopic (exact) mass is 253 g/mol. The predicted octanol–water partition coefficient (Wildman–Crippen LogP) is 2.08. The third-order valence-corrected chi connectivity index (χ3v) is 3.52. The second kappa shape index (κ2) is 4.72. The maximum Gasteiger partial charge on any atom is 0.255 e. The van der Waals surface area contributed by atoms with Crippen LogP contribution in [0.25, 0.3) is 0 Å². The molecule has 0 unspecified atom stereocenters. The van der Waals surface area contributed by atoms with Crippen molar-refractivity contribution in [3.8, 4) is 0 Å². The number of nitrogens with one attached hydrogen (secondary N) is 1. The molecule has 3 N–H and O–H groups in total. The number of anilines is 1. The van der Waals surface area contributed by atoms with Crippen LogP contribution in [0.4, 0.5) is 5.82 Å². The summed E-state index contributed by atoms with van der Waals surface area (Å²) in [5.41, 5.74) is 8.67. The highest BCUT2D eigenvalue weighted by Gasteiger charge is 2.24. The predicted molar refractivity (Wildman–Crippen MR) is 73.6 cm³/mol. The molecule has 1 aromatic carbocycles. The summed E-state index contributed by atoms with van der Waals surface area (Å²) in [5.74, 6) is 0.110. The van der Waals surface area contributed by atoms with Crippen LogP contribution in [0.3, 0.4) is 0 Å². The molecule has 0 saturated heterocycles. The highest BCUT2D eigenvalue weighted by molar-refractivity contribution is 5.98. The van der Waals surface area contributed by atoms with Gasteiger partial charge in [0.1, 0.15) is 5.82 Å². The van der Waals surface area contributed by atoms with E-state index in [9.17, 15) is 4.79 Å². The van der Waals surface area contributed by atoms with Crippen molar-refractivity contribution in [2.24, 2.45) is 0 Å². The number of aromatic nitrogens is 1. The van der Waals surface area contributed by atoms with Crippen LogP contribution in [0.2, 0.25) is 0 Å². The maximum absolute atomic E-state index is 12.2. The van der Waals surface area contributed by atoms with E-state index in [1.807, 2.05) is 12.1 Å². The molecule has 4 heteroatoms. The number of nitrogens with two attached hydrogens (primary N) is 1. The first-order valence-electron chi connectivity index (χ1n) is 6.35. The van der Waals surface area contributed by atoms with Gasteiger partial charge in [0.25, 0.3) is 5.91 Å². The molecule has 0 saturated carbocycles. The first-order chi connectivity index (χ1) is 9.25. The molecule has 1 aliphatic rings. The maximum atomic E-state index is 12.2. The van der Waals surface area contributed by atoms with Gasteiger partial charge in [-0.3, -0.25) is 4.79 Å². The molecule has 1 aliphatic carbocycles. The van der Waals surface area contributed by atoms with Crippen molar-refractivity contribution in [2.45, 2.75) is 18.9 Å². The molecule has 19 heavy (non-hydrogen) atoms. The molecule has 0 spiro atoms. The molecule has 3 rings (SSSR count). The van der Waals surface area contributed by atoms with E-state index in [0.29, 0.717) is 5.56 Å². The zero-order valence-electron chi connectivity index (χ0n) is 10.5. The summed E-state index contributed by atoms with van der Waals surface area (Å²) in [7, 11) is 0. The average molecular weight is 253 g/mol. The van der Waals surface area contributed by atoms with Crippen molar-refractivity contribution >= 4 is 11.7 Å². The molecule has 0 aliphatic heterocycles. The van der Waals surface area contributed by atoms with Crippen molar-refractivity contribution < 1.29 is 4.79 Å². The second-order valence-electron chi connectivity index (χ2n) is 4.70. The number of hydrogen-bond acceptors (Lipinski definition) is 3. The van der Waals surface area contributed by atoms with Crippen molar-refractivity contribution in [2.75, 3.05) is 5.73 Å². The summed E-state index contributed by atoms with van der Waals surface area (Å²) in [4.78, 5) is 16.1. The van der Waals surface area contributed by atoms with Gasteiger partial charge in [0, 0.05) is 6.20 Å². The smallest absolute Gasteiger partial charge is 0.255 e. The van der Waals surface area contributed by atoms with Gasteiger partial charge in [-0.05, 0) is 36.1 Å². The fourth-order valence-corrected chi connectivity index (χ4v) is 2.55. The van der Waals surface area contributed by atoms with Crippen LogP contribution >= 0.6 is 0 Å². The third-order valence-electron chi connectivity index (χ3n) is 3.52. The quantitative estimate of drug-likeness (QED) is 0.861. The number of nitrogens with zero attached hydrogens (tertiary/aromatic N) is 1. The molecule has 1 amide bonds. The van der Waals surface area contributed by atoms with Gasteiger partial charge in [-0.2, -0.15) is 0 Å². The van der Waals surface area contributed by atoms with Gasteiger partial charge in [-0.15, -0.1) is 0 Å². The van der Waals surface area contributed by atoms with Gasteiger partial charge >= 0.3 is 0 Å². The fourth-order valence-electron chi connectivity index (χ4n) is 2.55. The Morgan fingerprint density at radius 1 is 1.26 bits per heavy atom. The molecule has 96 valence electrons. The summed E-state index contributed by atoms with van der Waals surface area (Å²) in [6.07, 6.45) is 3.52. The molecule has 1 aromatic heterocycles. The zero-order chi connectivity index (χ0) is 13.2. The van der Waals surface area contributed by atoms with Crippen LogP contribution in [0.1, 0.15) is 33.9 Å². The van der Waals surface area contributed by atoms with Crippen molar-refractivity contribution in [1.82, 2.24) is 10.3 Å². The normalized spacial score (nSPS) is 16.9. The van der Waals surface area contributed by atoms with E-state index in [-0.39, 0.29) is 17.8 Å². The standard InChI is InChI=1S/C15H15N3O/c16-14-12(6-3-9-17-14)15(19)18-13-8-7-10-4-1-2-5-11(10)13/h1-6,9,13H,7-8H2,(H2,16,17)(H,18,19)/t13-/m0/s1. The lowest BCUT2D eigenvalue weighted by Crippen LogP contribution is -2.28. The first-order valence-corrected chi connectivity index (χ1v) is 6.35. The van der Waals surface area contributed by atoms with Gasteiger partial charge in [0.2, 0.25) is 0 Å². The van der Waals surface area contributed by atoms with Crippen LogP contribution in [-0.2, 0) is 6.42 Å². The van der Waals surface area contributed by atoms with Crippen LogP contribution in [0.15, 0.2) is 42.6 Å². The lowest BCUT2D eigenvalue weighted by atomic mass is 10.1.